The van der Waals surface area contributed by atoms with E-state index in [-0.39, 0.29) is 12.1 Å². The summed E-state index contributed by atoms with van der Waals surface area (Å²) in [6.07, 6.45) is 4.72. The summed E-state index contributed by atoms with van der Waals surface area (Å²) in [5.41, 5.74) is 3.84. The SMILES string of the molecule is CC(NC(=O)NCCOc1cccc2c1CCCC2)c1ccccc1. The molecule has 0 fully saturated rings. The highest BCUT2D eigenvalue weighted by Gasteiger charge is 2.14. The van der Waals surface area contributed by atoms with Crippen LogP contribution < -0.4 is 15.4 Å². The molecule has 2 amide bonds. The smallest absolute Gasteiger partial charge is 0.315 e. The first-order chi connectivity index (χ1) is 12.2. The lowest BCUT2D eigenvalue weighted by atomic mass is 9.91. The molecule has 0 saturated heterocycles. The summed E-state index contributed by atoms with van der Waals surface area (Å²) in [5.74, 6) is 0.970. The molecule has 132 valence electrons. The third-order valence-corrected chi connectivity index (χ3v) is 4.65. The molecule has 25 heavy (non-hydrogen) atoms. The quantitative estimate of drug-likeness (QED) is 0.782. The van der Waals surface area contributed by atoms with Crippen LogP contribution in [0.2, 0.25) is 0 Å². The summed E-state index contributed by atoms with van der Waals surface area (Å²) in [6, 6.07) is 16.0. The fraction of sp³-hybridized carbons (Fsp3) is 0.381. The first-order valence-corrected chi connectivity index (χ1v) is 9.07. The van der Waals surface area contributed by atoms with Gasteiger partial charge in [-0.2, -0.15) is 0 Å². The second-order valence-corrected chi connectivity index (χ2v) is 6.48. The molecule has 0 aromatic heterocycles. The molecule has 3 rings (SSSR count). The molecule has 0 spiro atoms. The lowest BCUT2D eigenvalue weighted by Crippen LogP contribution is -2.39. The number of aryl methyl sites for hydroxylation is 1. The third kappa shape index (κ3) is 4.75. The number of ether oxygens (including phenoxy) is 1. The molecule has 0 aliphatic heterocycles. The number of carbonyl (C=O) groups is 1. The highest BCUT2D eigenvalue weighted by Crippen LogP contribution is 2.29. The molecule has 0 radical (unpaired) electrons. The Labute approximate surface area is 149 Å². The molecule has 0 saturated carbocycles. The van der Waals surface area contributed by atoms with E-state index in [0.29, 0.717) is 13.2 Å². The molecular formula is C21H26N2O2. The van der Waals surface area contributed by atoms with Gasteiger partial charge in [0.15, 0.2) is 0 Å². The van der Waals surface area contributed by atoms with Crippen LogP contribution in [0, 0.1) is 0 Å². The first kappa shape index (κ1) is 17.3. The van der Waals surface area contributed by atoms with E-state index in [1.807, 2.05) is 43.3 Å². The van der Waals surface area contributed by atoms with Gasteiger partial charge in [-0.15, -0.1) is 0 Å². The van der Waals surface area contributed by atoms with Crippen molar-refractivity contribution in [3.63, 3.8) is 0 Å². The number of fused-ring (bicyclic) bond motifs is 1. The molecule has 4 nitrogen and oxygen atoms in total. The van der Waals surface area contributed by atoms with Crippen LogP contribution in [0.25, 0.3) is 0 Å². The number of amides is 2. The second kappa shape index (κ2) is 8.56. The lowest BCUT2D eigenvalue weighted by molar-refractivity contribution is 0.233. The van der Waals surface area contributed by atoms with Crippen molar-refractivity contribution in [1.29, 1.82) is 0 Å². The number of nitrogens with one attached hydrogen (secondary N) is 2. The van der Waals surface area contributed by atoms with E-state index in [1.165, 1.54) is 24.0 Å². The fourth-order valence-electron chi connectivity index (χ4n) is 3.28. The van der Waals surface area contributed by atoms with Gasteiger partial charge in [0.1, 0.15) is 12.4 Å². The normalized spacial score (nSPS) is 14.3. The number of urea groups is 1. The monoisotopic (exact) mass is 338 g/mol. The summed E-state index contributed by atoms with van der Waals surface area (Å²) in [5, 5.41) is 5.80. The Morgan fingerprint density at radius 2 is 1.88 bits per heavy atom. The van der Waals surface area contributed by atoms with E-state index < -0.39 is 0 Å². The Balaban J connectivity index is 1.42. The molecule has 1 unspecified atom stereocenters. The number of hydrogen-bond donors (Lipinski definition) is 2. The summed E-state index contributed by atoms with van der Waals surface area (Å²) < 4.78 is 5.90. The minimum atomic E-state index is -0.171. The van der Waals surface area contributed by atoms with Crippen LogP contribution in [-0.4, -0.2) is 19.2 Å². The summed E-state index contributed by atoms with van der Waals surface area (Å²) >= 11 is 0. The fourth-order valence-corrected chi connectivity index (χ4v) is 3.28. The highest BCUT2D eigenvalue weighted by atomic mass is 16.5. The number of hydrogen-bond acceptors (Lipinski definition) is 2. The van der Waals surface area contributed by atoms with Crippen molar-refractivity contribution < 1.29 is 9.53 Å². The lowest BCUT2D eigenvalue weighted by Gasteiger charge is -2.19. The van der Waals surface area contributed by atoms with Crippen LogP contribution in [0.15, 0.2) is 48.5 Å². The van der Waals surface area contributed by atoms with Crippen molar-refractivity contribution in [3.05, 3.63) is 65.2 Å². The minimum Gasteiger partial charge on any atom is -0.491 e. The van der Waals surface area contributed by atoms with E-state index in [9.17, 15) is 4.79 Å². The van der Waals surface area contributed by atoms with Crippen molar-refractivity contribution in [2.45, 2.75) is 38.6 Å². The van der Waals surface area contributed by atoms with Gasteiger partial charge in [-0.3, -0.25) is 0 Å². The van der Waals surface area contributed by atoms with E-state index in [4.69, 9.17) is 4.74 Å². The van der Waals surface area contributed by atoms with Gasteiger partial charge in [0.05, 0.1) is 12.6 Å². The van der Waals surface area contributed by atoms with Gasteiger partial charge in [0.25, 0.3) is 0 Å². The topological polar surface area (TPSA) is 50.4 Å². The summed E-state index contributed by atoms with van der Waals surface area (Å²) in [7, 11) is 0. The molecule has 2 N–H and O–H groups in total. The maximum Gasteiger partial charge on any atom is 0.315 e. The Morgan fingerprint density at radius 1 is 1.08 bits per heavy atom. The number of carbonyl (C=O) groups excluding carboxylic acids is 1. The summed E-state index contributed by atoms with van der Waals surface area (Å²) in [4.78, 5) is 12.0. The predicted molar refractivity (Wildman–Crippen MR) is 100.0 cm³/mol. The third-order valence-electron chi connectivity index (χ3n) is 4.65. The zero-order valence-electron chi connectivity index (χ0n) is 14.8. The highest BCUT2D eigenvalue weighted by molar-refractivity contribution is 5.74. The second-order valence-electron chi connectivity index (χ2n) is 6.48. The van der Waals surface area contributed by atoms with Gasteiger partial charge < -0.3 is 15.4 Å². The van der Waals surface area contributed by atoms with Gasteiger partial charge in [-0.05, 0) is 55.4 Å². The van der Waals surface area contributed by atoms with Gasteiger partial charge >= 0.3 is 6.03 Å². The van der Waals surface area contributed by atoms with Gasteiger partial charge in [-0.1, -0.05) is 42.5 Å². The zero-order chi connectivity index (χ0) is 17.5. The van der Waals surface area contributed by atoms with E-state index in [0.717, 1.165) is 24.2 Å². The Kier molecular flexibility index (Phi) is 5.94. The standard InChI is InChI=1S/C21H26N2O2/c1-16(17-8-3-2-4-9-17)23-21(24)22-14-15-25-20-13-7-11-18-10-5-6-12-19(18)20/h2-4,7-9,11,13,16H,5-6,10,12,14-15H2,1H3,(H2,22,23,24). The maximum absolute atomic E-state index is 12.0. The molecule has 0 bridgehead atoms. The average molecular weight is 338 g/mol. The molecular weight excluding hydrogens is 312 g/mol. The number of rotatable bonds is 6. The molecule has 0 heterocycles. The largest absolute Gasteiger partial charge is 0.491 e. The molecule has 4 heteroatoms. The van der Waals surface area contributed by atoms with Crippen LogP contribution in [0.1, 0.15) is 42.5 Å². The van der Waals surface area contributed by atoms with Crippen LogP contribution in [0.4, 0.5) is 4.79 Å². The van der Waals surface area contributed by atoms with Crippen molar-refractivity contribution in [2.24, 2.45) is 0 Å². The van der Waals surface area contributed by atoms with E-state index in [1.54, 1.807) is 0 Å². The Hall–Kier alpha value is -2.49. The maximum atomic E-state index is 12.0. The molecule has 1 atom stereocenters. The molecule has 1 aliphatic carbocycles. The van der Waals surface area contributed by atoms with Gasteiger partial charge in [0, 0.05) is 0 Å². The molecule has 1 aliphatic rings. The van der Waals surface area contributed by atoms with Crippen molar-refractivity contribution in [2.75, 3.05) is 13.2 Å². The first-order valence-electron chi connectivity index (χ1n) is 9.07. The van der Waals surface area contributed by atoms with Crippen LogP contribution in [0.5, 0.6) is 5.75 Å². The van der Waals surface area contributed by atoms with Gasteiger partial charge in [0.2, 0.25) is 0 Å². The average Bonchev–Trinajstić information content (AvgIpc) is 2.66. The van der Waals surface area contributed by atoms with Crippen molar-refractivity contribution in [3.8, 4) is 5.75 Å². The van der Waals surface area contributed by atoms with Crippen LogP contribution in [-0.2, 0) is 12.8 Å². The predicted octanol–water partition coefficient (Wildman–Crippen LogP) is 4.00. The molecule has 2 aromatic carbocycles. The Morgan fingerprint density at radius 3 is 2.72 bits per heavy atom. The zero-order valence-corrected chi connectivity index (χ0v) is 14.8. The van der Waals surface area contributed by atoms with Crippen LogP contribution >= 0.6 is 0 Å². The van der Waals surface area contributed by atoms with E-state index >= 15 is 0 Å². The number of benzene rings is 2. The minimum absolute atomic E-state index is 0.0248. The van der Waals surface area contributed by atoms with Crippen molar-refractivity contribution >= 4 is 6.03 Å². The van der Waals surface area contributed by atoms with Crippen LogP contribution in [0.3, 0.4) is 0 Å². The molecule has 2 aromatic rings. The summed E-state index contributed by atoms with van der Waals surface area (Å²) in [6.45, 7) is 2.93. The van der Waals surface area contributed by atoms with Gasteiger partial charge in [-0.25, -0.2) is 4.79 Å². The Bertz CT molecular complexity index is 700. The van der Waals surface area contributed by atoms with E-state index in [2.05, 4.69) is 22.8 Å². The van der Waals surface area contributed by atoms with Crippen molar-refractivity contribution in [1.82, 2.24) is 10.6 Å².